The maximum atomic E-state index is 12.3. The van der Waals surface area contributed by atoms with Crippen LogP contribution in [0.4, 0.5) is 11.4 Å². The summed E-state index contributed by atoms with van der Waals surface area (Å²) >= 11 is 1.91. The molecule has 1 saturated carbocycles. The van der Waals surface area contributed by atoms with Crippen molar-refractivity contribution in [2.75, 3.05) is 23.3 Å². The average Bonchev–Trinajstić information content (AvgIpc) is 3.45. The van der Waals surface area contributed by atoms with Crippen LogP contribution < -0.4 is 15.5 Å². The van der Waals surface area contributed by atoms with Gasteiger partial charge in [0.1, 0.15) is 0 Å². The van der Waals surface area contributed by atoms with Gasteiger partial charge in [0, 0.05) is 40.0 Å². The van der Waals surface area contributed by atoms with Crippen molar-refractivity contribution in [1.29, 1.82) is 0 Å². The van der Waals surface area contributed by atoms with Crippen molar-refractivity contribution in [2.24, 2.45) is 0 Å². The summed E-state index contributed by atoms with van der Waals surface area (Å²) in [6.45, 7) is 0.606. The monoisotopic (exact) mass is 437 g/mol. The normalized spacial score (nSPS) is 16.5. The van der Waals surface area contributed by atoms with E-state index in [1.54, 1.807) is 29.2 Å². The van der Waals surface area contributed by atoms with Crippen molar-refractivity contribution in [1.82, 2.24) is 5.32 Å². The Morgan fingerprint density at radius 1 is 0.968 bits per heavy atom. The van der Waals surface area contributed by atoms with Gasteiger partial charge in [-0.05, 0) is 67.8 Å². The van der Waals surface area contributed by atoms with Crippen molar-refractivity contribution in [3.63, 3.8) is 0 Å². The van der Waals surface area contributed by atoms with Crippen LogP contribution in [0.3, 0.4) is 0 Å². The van der Waals surface area contributed by atoms with Gasteiger partial charge in [-0.3, -0.25) is 14.4 Å². The number of benzene rings is 2. The van der Waals surface area contributed by atoms with Gasteiger partial charge in [-0.15, -0.1) is 11.8 Å². The van der Waals surface area contributed by atoms with Gasteiger partial charge < -0.3 is 15.5 Å². The van der Waals surface area contributed by atoms with Crippen LogP contribution in [-0.2, 0) is 9.59 Å². The third-order valence-electron chi connectivity index (χ3n) is 5.67. The lowest BCUT2D eigenvalue weighted by atomic mass is 10.2. The van der Waals surface area contributed by atoms with Gasteiger partial charge in [0.25, 0.3) is 5.91 Å². The molecule has 0 atom stereocenters. The Hall–Kier alpha value is -2.80. The zero-order chi connectivity index (χ0) is 21.6. The molecule has 1 aliphatic heterocycles. The third kappa shape index (κ3) is 5.67. The van der Waals surface area contributed by atoms with Crippen LogP contribution in [0.25, 0.3) is 0 Å². The van der Waals surface area contributed by atoms with E-state index in [0.717, 1.165) is 17.8 Å². The number of hydrogen-bond acceptors (Lipinski definition) is 4. The first kappa shape index (κ1) is 21.4. The number of anilines is 2. The lowest BCUT2D eigenvalue weighted by molar-refractivity contribution is -0.117. The molecule has 31 heavy (non-hydrogen) atoms. The second-order valence-corrected chi connectivity index (χ2v) is 9.35. The van der Waals surface area contributed by atoms with E-state index in [2.05, 4.69) is 10.6 Å². The number of nitrogens with zero attached hydrogens (tertiary/aromatic N) is 1. The molecule has 3 amide bonds. The molecule has 2 aliphatic rings. The van der Waals surface area contributed by atoms with Crippen molar-refractivity contribution in [3.05, 3.63) is 54.1 Å². The lowest BCUT2D eigenvalue weighted by Crippen LogP contribution is -2.32. The lowest BCUT2D eigenvalue weighted by Gasteiger charge is -2.15. The zero-order valence-corrected chi connectivity index (χ0v) is 18.2. The molecule has 2 fully saturated rings. The fourth-order valence-corrected chi connectivity index (χ4v) is 5.24. The van der Waals surface area contributed by atoms with Crippen molar-refractivity contribution < 1.29 is 14.4 Å². The number of carbonyl (C=O) groups is 3. The van der Waals surface area contributed by atoms with Gasteiger partial charge in [0.2, 0.25) is 11.8 Å². The molecule has 0 bridgehead atoms. The summed E-state index contributed by atoms with van der Waals surface area (Å²) in [5, 5.41) is 6.16. The SMILES string of the molecule is O=C(CNC(=O)c1ccc(N2CCCC2=O)cc1)Nc1ccc(SC2CCCC2)cc1. The molecule has 4 rings (SSSR count). The average molecular weight is 438 g/mol. The molecule has 0 aromatic heterocycles. The second-order valence-electron chi connectivity index (χ2n) is 7.98. The number of rotatable bonds is 7. The number of thioether (sulfide) groups is 1. The van der Waals surface area contributed by atoms with Crippen LogP contribution in [0, 0.1) is 0 Å². The van der Waals surface area contributed by atoms with E-state index in [1.165, 1.54) is 30.6 Å². The van der Waals surface area contributed by atoms with E-state index in [-0.39, 0.29) is 24.3 Å². The molecule has 1 heterocycles. The summed E-state index contributed by atoms with van der Waals surface area (Å²) in [4.78, 5) is 39.3. The standard InChI is InChI=1S/C24H27N3O3S/c28-22(26-18-9-13-21(14-10-18)31-20-4-1-2-5-20)16-25-24(30)17-7-11-19(12-8-17)27-15-3-6-23(27)29/h7-14,20H,1-6,15-16H2,(H,25,30)(H,26,28). The summed E-state index contributed by atoms with van der Waals surface area (Å²) in [6.07, 6.45) is 6.63. The Labute approximate surface area is 186 Å². The molecule has 2 aromatic carbocycles. The number of nitrogens with one attached hydrogen (secondary N) is 2. The molecule has 162 valence electrons. The first-order valence-corrected chi connectivity index (χ1v) is 11.7. The van der Waals surface area contributed by atoms with E-state index in [9.17, 15) is 14.4 Å². The summed E-state index contributed by atoms with van der Waals surface area (Å²) in [6, 6.07) is 14.7. The van der Waals surface area contributed by atoms with Gasteiger partial charge in [-0.25, -0.2) is 0 Å². The van der Waals surface area contributed by atoms with Crippen LogP contribution >= 0.6 is 11.8 Å². The Morgan fingerprint density at radius 3 is 2.32 bits per heavy atom. The topological polar surface area (TPSA) is 78.5 Å². The first-order chi connectivity index (χ1) is 15.1. The largest absolute Gasteiger partial charge is 0.343 e. The smallest absolute Gasteiger partial charge is 0.251 e. The van der Waals surface area contributed by atoms with E-state index in [0.29, 0.717) is 23.8 Å². The molecule has 0 unspecified atom stereocenters. The summed E-state index contributed by atoms with van der Waals surface area (Å²) < 4.78 is 0. The molecule has 0 radical (unpaired) electrons. The Morgan fingerprint density at radius 2 is 1.68 bits per heavy atom. The van der Waals surface area contributed by atoms with E-state index in [1.807, 2.05) is 36.0 Å². The van der Waals surface area contributed by atoms with Gasteiger partial charge in [-0.2, -0.15) is 0 Å². The highest BCUT2D eigenvalue weighted by molar-refractivity contribution is 8.00. The number of hydrogen-bond donors (Lipinski definition) is 2. The van der Waals surface area contributed by atoms with Gasteiger partial charge in [0.15, 0.2) is 0 Å². The third-order valence-corrected chi connectivity index (χ3v) is 7.02. The second kappa shape index (κ2) is 10.0. The number of amides is 3. The predicted molar refractivity (Wildman–Crippen MR) is 124 cm³/mol. The van der Waals surface area contributed by atoms with Gasteiger partial charge >= 0.3 is 0 Å². The molecule has 1 aliphatic carbocycles. The summed E-state index contributed by atoms with van der Waals surface area (Å²) in [7, 11) is 0. The maximum Gasteiger partial charge on any atom is 0.251 e. The van der Waals surface area contributed by atoms with Gasteiger partial charge in [-0.1, -0.05) is 12.8 Å². The highest BCUT2D eigenvalue weighted by atomic mass is 32.2. The van der Waals surface area contributed by atoms with E-state index in [4.69, 9.17) is 0 Å². The Balaban J connectivity index is 1.23. The predicted octanol–water partition coefficient (Wildman–Crippen LogP) is 4.22. The Bertz CT molecular complexity index is 938. The van der Waals surface area contributed by atoms with Crippen LogP contribution in [0.1, 0.15) is 48.9 Å². The first-order valence-electron chi connectivity index (χ1n) is 10.8. The van der Waals surface area contributed by atoms with Crippen LogP contribution in [-0.4, -0.2) is 36.1 Å². The molecular weight excluding hydrogens is 410 g/mol. The Kier molecular flexibility index (Phi) is 6.92. The van der Waals surface area contributed by atoms with E-state index >= 15 is 0 Å². The zero-order valence-electron chi connectivity index (χ0n) is 17.4. The molecule has 0 spiro atoms. The minimum absolute atomic E-state index is 0.107. The van der Waals surface area contributed by atoms with Crippen molar-refractivity contribution in [2.45, 2.75) is 48.7 Å². The highest BCUT2D eigenvalue weighted by Gasteiger charge is 2.21. The van der Waals surface area contributed by atoms with E-state index < -0.39 is 0 Å². The van der Waals surface area contributed by atoms with Crippen molar-refractivity contribution in [3.8, 4) is 0 Å². The molecule has 6 nitrogen and oxygen atoms in total. The molecule has 7 heteroatoms. The number of carbonyl (C=O) groups excluding carboxylic acids is 3. The fraction of sp³-hybridized carbons (Fsp3) is 0.375. The van der Waals surface area contributed by atoms with Crippen LogP contribution in [0.2, 0.25) is 0 Å². The van der Waals surface area contributed by atoms with Crippen molar-refractivity contribution >= 4 is 40.9 Å². The summed E-state index contributed by atoms with van der Waals surface area (Å²) in [5.74, 6) is -0.486. The summed E-state index contributed by atoms with van der Waals surface area (Å²) in [5.41, 5.74) is 1.97. The minimum atomic E-state index is -0.322. The quantitative estimate of drug-likeness (QED) is 0.680. The maximum absolute atomic E-state index is 12.3. The molecule has 1 saturated heterocycles. The highest BCUT2D eigenvalue weighted by Crippen LogP contribution is 2.34. The molecule has 2 N–H and O–H groups in total. The van der Waals surface area contributed by atoms with Crippen LogP contribution in [0.15, 0.2) is 53.4 Å². The van der Waals surface area contributed by atoms with Crippen LogP contribution in [0.5, 0.6) is 0 Å². The fourth-order valence-electron chi connectivity index (χ4n) is 4.00. The molecule has 2 aromatic rings. The minimum Gasteiger partial charge on any atom is -0.343 e. The molecular formula is C24H27N3O3S. The van der Waals surface area contributed by atoms with Gasteiger partial charge in [0.05, 0.1) is 6.54 Å².